The van der Waals surface area contributed by atoms with Gasteiger partial charge in [0.25, 0.3) is 5.91 Å². The first kappa shape index (κ1) is 28.0. The van der Waals surface area contributed by atoms with Crippen LogP contribution < -0.4 is 10.6 Å². The van der Waals surface area contributed by atoms with Gasteiger partial charge in [-0.15, -0.1) is 16.4 Å². The molecular formula is C26H32N8O4S. The lowest BCUT2D eigenvalue weighted by Crippen LogP contribution is -2.56. The van der Waals surface area contributed by atoms with Gasteiger partial charge in [0.15, 0.2) is 11.6 Å². The van der Waals surface area contributed by atoms with E-state index >= 15 is 0 Å². The standard InChI is InChI=1S/C26H32N8O4S/c1-3-19(22(35)14-34-23(30-31-32-34)13-18-9-5-4-6-10-18)28-24(36)17(2)33-12-8-7-11-20(26(33)38)29-25(37)21-15-39-16-27-21/h4-6,9-10,15-17,19-20H,3,7-8,11-14H2,1-2H3,(H,28,36)(H,29,37). The van der Waals surface area contributed by atoms with Gasteiger partial charge < -0.3 is 15.5 Å². The van der Waals surface area contributed by atoms with Crippen LogP contribution in [0, 0.1) is 0 Å². The third-order valence-electron chi connectivity index (χ3n) is 6.77. The van der Waals surface area contributed by atoms with Gasteiger partial charge in [-0.05, 0) is 48.6 Å². The number of rotatable bonds is 11. The van der Waals surface area contributed by atoms with Gasteiger partial charge >= 0.3 is 0 Å². The Hall–Kier alpha value is -4.00. The minimum Gasteiger partial charge on any atom is -0.344 e. The maximum absolute atomic E-state index is 13.3. The van der Waals surface area contributed by atoms with Crippen molar-refractivity contribution in [2.24, 2.45) is 0 Å². The van der Waals surface area contributed by atoms with E-state index in [4.69, 9.17) is 0 Å². The van der Waals surface area contributed by atoms with E-state index in [0.717, 1.165) is 12.0 Å². The average Bonchev–Trinajstić information content (AvgIpc) is 3.60. The van der Waals surface area contributed by atoms with Crippen LogP contribution in [0.4, 0.5) is 0 Å². The predicted octanol–water partition coefficient (Wildman–Crippen LogP) is 1.38. The SMILES string of the molecule is CCC(NC(=O)C(C)N1CCCCC(NC(=O)c2cscn2)C1=O)C(=O)Cn1nnnc1Cc1ccccc1. The first-order valence-electron chi connectivity index (χ1n) is 13.0. The van der Waals surface area contributed by atoms with Crippen molar-refractivity contribution in [3.8, 4) is 0 Å². The summed E-state index contributed by atoms with van der Waals surface area (Å²) < 4.78 is 1.45. The van der Waals surface area contributed by atoms with E-state index in [1.807, 2.05) is 30.3 Å². The number of amides is 3. The second-order valence-corrected chi connectivity index (χ2v) is 10.2. The highest BCUT2D eigenvalue weighted by Crippen LogP contribution is 2.16. The normalized spacial score (nSPS) is 17.2. The Bertz CT molecular complexity index is 1280. The number of hydrogen-bond acceptors (Lipinski definition) is 9. The summed E-state index contributed by atoms with van der Waals surface area (Å²) in [5.41, 5.74) is 2.82. The van der Waals surface area contributed by atoms with E-state index in [1.165, 1.54) is 20.9 Å². The van der Waals surface area contributed by atoms with Crippen molar-refractivity contribution in [1.82, 2.24) is 40.7 Å². The number of likely N-dealkylation sites (tertiary alicyclic amines) is 1. The Labute approximate surface area is 230 Å². The van der Waals surface area contributed by atoms with Crippen molar-refractivity contribution in [3.63, 3.8) is 0 Å². The maximum Gasteiger partial charge on any atom is 0.271 e. The average molecular weight is 553 g/mol. The molecule has 0 aliphatic carbocycles. The summed E-state index contributed by atoms with van der Waals surface area (Å²) in [6.45, 7) is 3.73. The number of benzene rings is 1. The van der Waals surface area contributed by atoms with Crippen molar-refractivity contribution in [2.75, 3.05) is 6.54 Å². The first-order valence-corrected chi connectivity index (χ1v) is 13.9. The number of nitrogens with one attached hydrogen (secondary N) is 2. The van der Waals surface area contributed by atoms with Crippen LogP contribution in [-0.4, -0.2) is 78.3 Å². The molecule has 39 heavy (non-hydrogen) atoms. The Kier molecular flexibility index (Phi) is 9.47. The molecule has 3 aromatic rings. The lowest BCUT2D eigenvalue weighted by atomic mass is 10.1. The Morgan fingerprint density at radius 3 is 2.69 bits per heavy atom. The zero-order valence-electron chi connectivity index (χ0n) is 21.9. The largest absolute Gasteiger partial charge is 0.344 e. The van der Waals surface area contributed by atoms with Crippen molar-refractivity contribution >= 4 is 34.8 Å². The van der Waals surface area contributed by atoms with Crippen LogP contribution in [0.3, 0.4) is 0 Å². The number of hydrogen-bond donors (Lipinski definition) is 2. The monoisotopic (exact) mass is 552 g/mol. The molecule has 1 aromatic carbocycles. The predicted molar refractivity (Wildman–Crippen MR) is 143 cm³/mol. The van der Waals surface area contributed by atoms with E-state index in [9.17, 15) is 19.2 Å². The molecule has 3 atom stereocenters. The fourth-order valence-corrected chi connectivity index (χ4v) is 5.02. The second kappa shape index (κ2) is 13.2. The number of Topliss-reactive ketones (excluding diaryl/α,β-unsaturated/α-hetero) is 1. The van der Waals surface area contributed by atoms with E-state index in [0.29, 0.717) is 38.1 Å². The number of carbonyl (C=O) groups is 4. The van der Waals surface area contributed by atoms with E-state index < -0.39 is 29.9 Å². The third kappa shape index (κ3) is 7.11. The van der Waals surface area contributed by atoms with E-state index in [-0.39, 0.29) is 23.9 Å². The third-order valence-corrected chi connectivity index (χ3v) is 7.36. The lowest BCUT2D eigenvalue weighted by molar-refractivity contribution is -0.141. The maximum atomic E-state index is 13.3. The Morgan fingerprint density at radius 2 is 1.97 bits per heavy atom. The van der Waals surface area contributed by atoms with Crippen LogP contribution in [0.15, 0.2) is 41.2 Å². The topological polar surface area (TPSA) is 152 Å². The summed E-state index contributed by atoms with van der Waals surface area (Å²) in [6.07, 6.45) is 2.75. The van der Waals surface area contributed by atoms with Crippen molar-refractivity contribution < 1.29 is 19.2 Å². The molecule has 1 aliphatic rings. The van der Waals surface area contributed by atoms with Gasteiger partial charge in [0.1, 0.15) is 24.3 Å². The zero-order chi connectivity index (χ0) is 27.8. The number of tetrazole rings is 1. The summed E-state index contributed by atoms with van der Waals surface area (Å²) >= 11 is 1.30. The lowest BCUT2D eigenvalue weighted by Gasteiger charge is -2.30. The molecule has 2 N–H and O–H groups in total. The molecule has 0 saturated carbocycles. The van der Waals surface area contributed by atoms with Crippen LogP contribution in [0.5, 0.6) is 0 Å². The highest BCUT2D eigenvalue weighted by atomic mass is 32.1. The molecule has 4 rings (SSSR count). The first-order chi connectivity index (χ1) is 18.9. The van der Waals surface area contributed by atoms with Crippen molar-refractivity contribution in [3.05, 3.63) is 58.3 Å². The molecule has 13 heteroatoms. The fourth-order valence-electron chi connectivity index (χ4n) is 4.49. The highest BCUT2D eigenvalue weighted by molar-refractivity contribution is 7.07. The zero-order valence-corrected chi connectivity index (χ0v) is 22.8. The van der Waals surface area contributed by atoms with Crippen LogP contribution in [-0.2, 0) is 27.3 Å². The fraction of sp³-hybridized carbons (Fsp3) is 0.462. The number of nitrogens with zero attached hydrogens (tertiary/aromatic N) is 6. The van der Waals surface area contributed by atoms with Crippen molar-refractivity contribution in [2.45, 2.75) is 70.6 Å². The second-order valence-electron chi connectivity index (χ2n) is 9.45. The van der Waals surface area contributed by atoms with Gasteiger partial charge in [-0.25, -0.2) is 9.67 Å². The Morgan fingerprint density at radius 1 is 1.18 bits per heavy atom. The molecule has 3 amide bonds. The van der Waals surface area contributed by atoms with E-state index in [2.05, 4.69) is 31.1 Å². The number of aromatic nitrogens is 5. The highest BCUT2D eigenvalue weighted by Gasteiger charge is 2.35. The van der Waals surface area contributed by atoms with Gasteiger partial charge in [-0.3, -0.25) is 19.2 Å². The molecule has 0 spiro atoms. The summed E-state index contributed by atoms with van der Waals surface area (Å²) in [6, 6.07) is 7.34. The minimum atomic E-state index is -0.821. The van der Waals surface area contributed by atoms with Gasteiger partial charge in [-0.2, -0.15) is 0 Å². The van der Waals surface area contributed by atoms with Gasteiger partial charge in [-0.1, -0.05) is 37.3 Å². The number of thiazole rings is 1. The molecule has 0 bridgehead atoms. The summed E-state index contributed by atoms with van der Waals surface area (Å²) in [5, 5.41) is 18.9. The molecule has 3 heterocycles. The molecule has 3 unspecified atom stereocenters. The minimum absolute atomic E-state index is 0.0876. The molecule has 1 fully saturated rings. The molecule has 0 radical (unpaired) electrons. The Balaban J connectivity index is 1.37. The molecular weight excluding hydrogens is 520 g/mol. The molecule has 12 nitrogen and oxygen atoms in total. The summed E-state index contributed by atoms with van der Waals surface area (Å²) in [7, 11) is 0. The molecule has 1 aliphatic heterocycles. The van der Waals surface area contributed by atoms with Crippen LogP contribution in [0.2, 0.25) is 0 Å². The van der Waals surface area contributed by atoms with Crippen LogP contribution >= 0.6 is 11.3 Å². The van der Waals surface area contributed by atoms with Gasteiger partial charge in [0.05, 0.1) is 11.6 Å². The quantitative estimate of drug-likeness (QED) is 0.362. The number of ketones is 1. The summed E-state index contributed by atoms with van der Waals surface area (Å²) in [4.78, 5) is 57.6. The molecule has 206 valence electrons. The number of carbonyl (C=O) groups excluding carboxylic acids is 4. The van der Waals surface area contributed by atoms with Crippen LogP contribution in [0.25, 0.3) is 0 Å². The molecule has 2 aromatic heterocycles. The van der Waals surface area contributed by atoms with Gasteiger partial charge in [0, 0.05) is 18.3 Å². The van der Waals surface area contributed by atoms with Crippen molar-refractivity contribution in [1.29, 1.82) is 0 Å². The van der Waals surface area contributed by atoms with Crippen LogP contribution in [0.1, 0.15) is 61.4 Å². The molecule has 1 saturated heterocycles. The summed E-state index contributed by atoms with van der Waals surface area (Å²) in [5.74, 6) is -0.867. The smallest absolute Gasteiger partial charge is 0.271 e. The van der Waals surface area contributed by atoms with Gasteiger partial charge in [0.2, 0.25) is 11.8 Å². The van der Waals surface area contributed by atoms with E-state index in [1.54, 1.807) is 24.7 Å².